The number of fused-ring (bicyclic) bond motifs is 1. The molecule has 0 saturated heterocycles. The van der Waals surface area contributed by atoms with E-state index in [0.717, 1.165) is 28.2 Å². The highest BCUT2D eigenvalue weighted by Crippen LogP contribution is 2.18. The average molecular weight is 279 g/mol. The molecule has 0 fully saturated rings. The fraction of sp³-hybridized carbons (Fsp3) is 0.176. The van der Waals surface area contributed by atoms with Crippen molar-refractivity contribution in [2.45, 2.75) is 6.54 Å². The molecular weight excluding hydrogens is 262 g/mol. The molecule has 4 heteroatoms. The molecule has 0 radical (unpaired) electrons. The molecule has 0 aliphatic heterocycles. The predicted molar refractivity (Wildman–Crippen MR) is 85.0 cm³/mol. The molecule has 0 spiro atoms. The van der Waals surface area contributed by atoms with Gasteiger partial charge in [0.1, 0.15) is 5.75 Å². The summed E-state index contributed by atoms with van der Waals surface area (Å²) in [4.78, 5) is 9.06. The van der Waals surface area contributed by atoms with Crippen molar-refractivity contribution in [2.24, 2.45) is 12.0 Å². The minimum atomic E-state index is 0.577. The van der Waals surface area contributed by atoms with E-state index in [0.29, 0.717) is 6.54 Å². The number of aromatic nitrogens is 2. The highest BCUT2D eigenvalue weighted by Gasteiger charge is 2.04. The molecule has 0 unspecified atom stereocenters. The maximum atomic E-state index is 5.33. The van der Waals surface area contributed by atoms with Crippen LogP contribution in [0.25, 0.3) is 11.0 Å². The van der Waals surface area contributed by atoms with Gasteiger partial charge in [-0.25, -0.2) is 4.98 Å². The van der Waals surface area contributed by atoms with E-state index in [-0.39, 0.29) is 0 Å². The zero-order chi connectivity index (χ0) is 14.7. The second kappa shape index (κ2) is 5.79. The number of aryl methyl sites for hydroxylation is 1. The van der Waals surface area contributed by atoms with Gasteiger partial charge in [-0.1, -0.05) is 30.3 Å². The van der Waals surface area contributed by atoms with Gasteiger partial charge in [-0.15, -0.1) is 0 Å². The van der Waals surface area contributed by atoms with Gasteiger partial charge in [0.05, 0.1) is 30.9 Å². The number of rotatable bonds is 4. The van der Waals surface area contributed by atoms with Crippen molar-refractivity contribution in [3.8, 4) is 5.75 Å². The summed E-state index contributed by atoms with van der Waals surface area (Å²) in [5.41, 5.74) is 3.16. The summed E-state index contributed by atoms with van der Waals surface area (Å²) < 4.78 is 7.37. The van der Waals surface area contributed by atoms with E-state index >= 15 is 0 Å². The summed E-state index contributed by atoms with van der Waals surface area (Å²) in [5, 5.41) is 0. The van der Waals surface area contributed by atoms with Gasteiger partial charge in [-0.05, 0) is 18.2 Å². The Bertz CT molecular complexity index is 790. The maximum Gasteiger partial charge on any atom is 0.151 e. The molecule has 0 aliphatic rings. The second-order valence-corrected chi connectivity index (χ2v) is 4.80. The molecule has 21 heavy (non-hydrogen) atoms. The Kier molecular flexibility index (Phi) is 3.69. The van der Waals surface area contributed by atoms with E-state index in [1.807, 2.05) is 60.3 Å². The summed E-state index contributed by atoms with van der Waals surface area (Å²) >= 11 is 0. The third-order valence-corrected chi connectivity index (χ3v) is 3.48. The van der Waals surface area contributed by atoms with Crippen LogP contribution in [0.1, 0.15) is 11.4 Å². The van der Waals surface area contributed by atoms with Crippen LogP contribution in [0.2, 0.25) is 0 Å². The molecule has 3 rings (SSSR count). The summed E-state index contributed by atoms with van der Waals surface area (Å²) in [6.07, 6.45) is 1.81. The van der Waals surface area contributed by atoms with Gasteiger partial charge in [-0.3, -0.25) is 4.99 Å². The van der Waals surface area contributed by atoms with E-state index in [2.05, 4.69) is 16.0 Å². The lowest BCUT2D eigenvalue weighted by atomic mass is 10.2. The van der Waals surface area contributed by atoms with Crippen LogP contribution in [0, 0.1) is 0 Å². The van der Waals surface area contributed by atoms with Crippen molar-refractivity contribution in [3.05, 3.63) is 59.9 Å². The number of benzene rings is 2. The molecule has 106 valence electrons. The van der Waals surface area contributed by atoms with Crippen molar-refractivity contribution < 1.29 is 4.74 Å². The molecule has 2 aromatic carbocycles. The first-order valence-electron chi connectivity index (χ1n) is 6.83. The Morgan fingerprint density at radius 1 is 1.14 bits per heavy atom. The molecular formula is C17H17N3O. The normalized spacial score (nSPS) is 11.3. The average Bonchev–Trinajstić information content (AvgIpc) is 2.85. The molecule has 0 aliphatic carbocycles. The number of ether oxygens (including phenoxy) is 1. The third-order valence-electron chi connectivity index (χ3n) is 3.48. The lowest BCUT2D eigenvalue weighted by Gasteiger charge is -2.04. The lowest BCUT2D eigenvalue weighted by molar-refractivity contribution is 0.410. The van der Waals surface area contributed by atoms with Gasteiger partial charge in [0.15, 0.2) is 5.82 Å². The highest BCUT2D eigenvalue weighted by molar-refractivity contribution is 5.84. The van der Waals surface area contributed by atoms with E-state index in [4.69, 9.17) is 4.74 Å². The lowest BCUT2D eigenvalue weighted by Crippen LogP contribution is -1.97. The number of methoxy groups -OCH3 is 1. The molecule has 4 nitrogen and oxygen atoms in total. The number of para-hydroxylation sites is 3. The van der Waals surface area contributed by atoms with Gasteiger partial charge < -0.3 is 9.30 Å². The Balaban J connectivity index is 1.83. The minimum Gasteiger partial charge on any atom is -0.496 e. The fourth-order valence-corrected chi connectivity index (χ4v) is 2.34. The monoisotopic (exact) mass is 279 g/mol. The zero-order valence-corrected chi connectivity index (χ0v) is 12.2. The summed E-state index contributed by atoms with van der Waals surface area (Å²) in [7, 11) is 3.67. The summed E-state index contributed by atoms with van der Waals surface area (Å²) in [6.45, 7) is 0.577. The number of aliphatic imine (C=N–C) groups is 1. The van der Waals surface area contributed by atoms with Crippen LogP contribution in [0.15, 0.2) is 53.5 Å². The van der Waals surface area contributed by atoms with Crippen LogP contribution in [0.5, 0.6) is 5.75 Å². The van der Waals surface area contributed by atoms with Crippen LogP contribution < -0.4 is 4.74 Å². The molecule has 1 heterocycles. The highest BCUT2D eigenvalue weighted by atomic mass is 16.5. The Hall–Kier alpha value is -2.62. The number of imidazole rings is 1. The van der Waals surface area contributed by atoms with Crippen LogP contribution in [0.4, 0.5) is 0 Å². The van der Waals surface area contributed by atoms with E-state index in [9.17, 15) is 0 Å². The Morgan fingerprint density at radius 3 is 2.71 bits per heavy atom. The maximum absolute atomic E-state index is 5.33. The fourth-order valence-electron chi connectivity index (χ4n) is 2.34. The smallest absolute Gasteiger partial charge is 0.151 e. The molecule has 3 aromatic rings. The SMILES string of the molecule is COc1ccccc1CN=Cc1nc2ccccc2n1C. The van der Waals surface area contributed by atoms with Gasteiger partial charge in [-0.2, -0.15) is 0 Å². The molecule has 1 aromatic heterocycles. The molecule has 0 saturated carbocycles. The van der Waals surface area contributed by atoms with Gasteiger partial charge >= 0.3 is 0 Å². The first kappa shape index (κ1) is 13.4. The van der Waals surface area contributed by atoms with Crippen LogP contribution in [0.3, 0.4) is 0 Å². The van der Waals surface area contributed by atoms with Crippen molar-refractivity contribution in [2.75, 3.05) is 7.11 Å². The second-order valence-electron chi connectivity index (χ2n) is 4.80. The van der Waals surface area contributed by atoms with Gasteiger partial charge in [0.25, 0.3) is 0 Å². The van der Waals surface area contributed by atoms with Crippen molar-refractivity contribution >= 4 is 17.2 Å². The van der Waals surface area contributed by atoms with Crippen molar-refractivity contribution in [1.29, 1.82) is 0 Å². The van der Waals surface area contributed by atoms with E-state index in [1.54, 1.807) is 7.11 Å². The third kappa shape index (κ3) is 2.65. The topological polar surface area (TPSA) is 39.4 Å². The van der Waals surface area contributed by atoms with Crippen LogP contribution >= 0.6 is 0 Å². The number of hydrogen-bond acceptors (Lipinski definition) is 3. The van der Waals surface area contributed by atoms with Gasteiger partial charge in [0, 0.05) is 12.6 Å². The van der Waals surface area contributed by atoms with E-state index < -0.39 is 0 Å². The summed E-state index contributed by atoms with van der Waals surface area (Å²) in [6, 6.07) is 16.0. The predicted octanol–water partition coefficient (Wildman–Crippen LogP) is 3.20. The molecule has 0 N–H and O–H groups in total. The van der Waals surface area contributed by atoms with Crippen molar-refractivity contribution in [1.82, 2.24) is 9.55 Å². The van der Waals surface area contributed by atoms with Crippen LogP contribution in [-0.4, -0.2) is 22.9 Å². The van der Waals surface area contributed by atoms with Crippen LogP contribution in [-0.2, 0) is 13.6 Å². The molecule has 0 bridgehead atoms. The Morgan fingerprint density at radius 2 is 1.90 bits per heavy atom. The number of hydrogen-bond donors (Lipinski definition) is 0. The van der Waals surface area contributed by atoms with Crippen molar-refractivity contribution in [3.63, 3.8) is 0 Å². The molecule has 0 amide bonds. The standard InChI is InChI=1S/C17H17N3O/c1-20-15-9-5-4-8-14(15)19-17(20)12-18-11-13-7-3-6-10-16(13)21-2/h3-10,12H,11H2,1-2H3. The zero-order valence-electron chi connectivity index (χ0n) is 12.2. The number of nitrogens with zero attached hydrogens (tertiary/aromatic N) is 3. The molecule has 0 atom stereocenters. The first-order valence-corrected chi connectivity index (χ1v) is 6.83. The largest absolute Gasteiger partial charge is 0.496 e. The summed E-state index contributed by atoms with van der Waals surface area (Å²) in [5.74, 6) is 1.71. The quantitative estimate of drug-likeness (QED) is 0.688. The Labute approximate surface area is 123 Å². The first-order chi connectivity index (χ1) is 10.3. The van der Waals surface area contributed by atoms with E-state index in [1.165, 1.54) is 0 Å². The van der Waals surface area contributed by atoms with Gasteiger partial charge in [0.2, 0.25) is 0 Å². The minimum absolute atomic E-state index is 0.577.